The maximum Gasteiger partial charge on any atom is 0.190 e. The Hall–Kier alpha value is -1.46. The van der Waals surface area contributed by atoms with E-state index in [1.165, 1.54) is 11.3 Å². The number of halogens is 3. The molecule has 0 atom stereocenters. The zero-order valence-corrected chi connectivity index (χ0v) is 15.2. The lowest BCUT2D eigenvalue weighted by Crippen LogP contribution is -2.10. The second-order valence-corrected chi connectivity index (χ2v) is 6.40. The SMILES string of the molecule is Cl.Cn1c(-c2ccc(Cl)cc2Cl)csc1=Nc1ccc(O)cc1. The molecule has 2 aromatic carbocycles. The summed E-state index contributed by atoms with van der Waals surface area (Å²) in [5.41, 5.74) is 2.67. The van der Waals surface area contributed by atoms with Crippen molar-refractivity contribution < 1.29 is 5.11 Å². The van der Waals surface area contributed by atoms with E-state index in [0.717, 1.165) is 21.7 Å². The zero-order valence-electron chi connectivity index (χ0n) is 12.0. The van der Waals surface area contributed by atoms with Crippen molar-refractivity contribution in [2.45, 2.75) is 0 Å². The van der Waals surface area contributed by atoms with Gasteiger partial charge >= 0.3 is 0 Å². The van der Waals surface area contributed by atoms with E-state index in [-0.39, 0.29) is 18.2 Å². The fourth-order valence-electron chi connectivity index (χ4n) is 2.05. The molecule has 7 heteroatoms. The third-order valence-electron chi connectivity index (χ3n) is 3.21. The highest BCUT2D eigenvalue weighted by molar-refractivity contribution is 7.07. The highest BCUT2D eigenvalue weighted by Gasteiger charge is 2.09. The normalized spacial score (nSPS) is 11.3. The first-order valence-corrected chi connectivity index (χ1v) is 8.12. The largest absolute Gasteiger partial charge is 0.508 e. The molecule has 3 rings (SSSR count). The summed E-state index contributed by atoms with van der Waals surface area (Å²) >= 11 is 13.7. The molecule has 0 aliphatic carbocycles. The van der Waals surface area contributed by atoms with Gasteiger partial charge in [0.1, 0.15) is 5.75 Å². The van der Waals surface area contributed by atoms with Gasteiger partial charge in [-0.15, -0.1) is 23.7 Å². The highest BCUT2D eigenvalue weighted by Crippen LogP contribution is 2.30. The highest BCUT2D eigenvalue weighted by atomic mass is 35.5. The van der Waals surface area contributed by atoms with Crippen molar-refractivity contribution in [3.05, 3.63) is 62.7 Å². The van der Waals surface area contributed by atoms with Crippen molar-refractivity contribution in [1.29, 1.82) is 0 Å². The Balaban J connectivity index is 0.00000192. The standard InChI is InChI=1S/C16H12Cl2N2OS.ClH/c1-20-15(13-7-2-10(17)8-14(13)18)9-22-16(20)19-11-3-5-12(21)6-4-11;/h2-9,21H,1H3;1H. The quantitative estimate of drug-likeness (QED) is 0.626. The fraction of sp³-hybridized carbons (Fsp3) is 0.0625. The van der Waals surface area contributed by atoms with Crippen LogP contribution in [0.4, 0.5) is 5.69 Å². The summed E-state index contributed by atoms with van der Waals surface area (Å²) in [6.07, 6.45) is 0. The molecule has 1 aromatic heterocycles. The lowest BCUT2D eigenvalue weighted by Gasteiger charge is -2.05. The Morgan fingerprint density at radius 3 is 2.43 bits per heavy atom. The molecule has 0 aliphatic rings. The molecule has 1 heterocycles. The van der Waals surface area contributed by atoms with E-state index < -0.39 is 0 Å². The summed E-state index contributed by atoms with van der Waals surface area (Å²) in [5.74, 6) is 0.225. The van der Waals surface area contributed by atoms with Crippen LogP contribution in [0.3, 0.4) is 0 Å². The van der Waals surface area contributed by atoms with Gasteiger partial charge in [0.05, 0.1) is 16.4 Å². The first kappa shape index (κ1) is 17.9. The number of benzene rings is 2. The summed E-state index contributed by atoms with van der Waals surface area (Å²) in [5, 5.41) is 12.5. The van der Waals surface area contributed by atoms with Crippen LogP contribution in [0, 0.1) is 0 Å². The van der Waals surface area contributed by atoms with Crippen molar-refractivity contribution in [2.75, 3.05) is 0 Å². The zero-order chi connectivity index (χ0) is 15.7. The number of hydrogen-bond donors (Lipinski definition) is 1. The Bertz CT molecular complexity index is 885. The Kier molecular flexibility index (Phi) is 5.76. The Morgan fingerprint density at radius 2 is 1.78 bits per heavy atom. The van der Waals surface area contributed by atoms with Crippen LogP contribution >= 0.6 is 46.9 Å². The van der Waals surface area contributed by atoms with Crippen LogP contribution in [0.1, 0.15) is 0 Å². The van der Waals surface area contributed by atoms with Crippen molar-refractivity contribution in [3.8, 4) is 17.0 Å². The monoisotopic (exact) mass is 386 g/mol. The molecule has 0 aliphatic heterocycles. The van der Waals surface area contributed by atoms with Gasteiger partial charge in [0.25, 0.3) is 0 Å². The molecule has 0 unspecified atom stereocenters. The molecule has 3 nitrogen and oxygen atoms in total. The molecule has 3 aromatic rings. The third kappa shape index (κ3) is 3.90. The molecule has 1 N–H and O–H groups in total. The van der Waals surface area contributed by atoms with Crippen molar-refractivity contribution in [2.24, 2.45) is 12.0 Å². The number of aromatic hydroxyl groups is 1. The van der Waals surface area contributed by atoms with Crippen molar-refractivity contribution in [3.63, 3.8) is 0 Å². The van der Waals surface area contributed by atoms with E-state index in [0.29, 0.717) is 10.0 Å². The molecular weight excluding hydrogens is 375 g/mol. The predicted octanol–water partition coefficient (Wildman–Crippen LogP) is 5.42. The molecule has 0 radical (unpaired) electrons. The van der Waals surface area contributed by atoms with Gasteiger partial charge in [-0.1, -0.05) is 23.2 Å². The fourth-order valence-corrected chi connectivity index (χ4v) is 3.47. The van der Waals surface area contributed by atoms with Crippen LogP contribution in [0.5, 0.6) is 5.75 Å². The number of thiazole rings is 1. The summed E-state index contributed by atoms with van der Waals surface area (Å²) in [6, 6.07) is 12.2. The van der Waals surface area contributed by atoms with E-state index in [9.17, 15) is 5.11 Å². The molecule has 0 amide bonds. The van der Waals surface area contributed by atoms with Crippen LogP contribution in [0.15, 0.2) is 52.8 Å². The smallest absolute Gasteiger partial charge is 0.190 e. The van der Waals surface area contributed by atoms with E-state index in [2.05, 4.69) is 4.99 Å². The third-order valence-corrected chi connectivity index (χ3v) is 4.67. The number of nitrogens with zero attached hydrogens (tertiary/aromatic N) is 2. The maximum absolute atomic E-state index is 9.31. The topological polar surface area (TPSA) is 37.5 Å². The van der Waals surface area contributed by atoms with Gasteiger partial charge in [-0.3, -0.25) is 0 Å². The maximum atomic E-state index is 9.31. The number of rotatable bonds is 2. The molecule has 120 valence electrons. The van der Waals surface area contributed by atoms with Crippen LogP contribution < -0.4 is 4.80 Å². The summed E-state index contributed by atoms with van der Waals surface area (Å²) < 4.78 is 1.98. The van der Waals surface area contributed by atoms with Crippen LogP contribution in [0.25, 0.3) is 11.3 Å². The lowest BCUT2D eigenvalue weighted by molar-refractivity contribution is 0.475. The molecule has 0 fully saturated rings. The minimum absolute atomic E-state index is 0. The summed E-state index contributed by atoms with van der Waals surface area (Å²) in [4.78, 5) is 5.42. The van der Waals surface area contributed by atoms with Crippen LogP contribution in [0.2, 0.25) is 10.0 Å². The molecule has 0 saturated heterocycles. The van der Waals surface area contributed by atoms with Gasteiger partial charge in [-0.2, -0.15) is 0 Å². The first-order valence-electron chi connectivity index (χ1n) is 6.48. The Labute approximate surface area is 153 Å². The lowest BCUT2D eigenvalue weighted by atomic mass is 10.2. The van der Waals surface area contributed by atoms with E-state index >= 15 is 0 Å². The number of hydrogen-bond acceptors (Lipinski definition) is 3. The first-order chi connectivity index (χ1) is 10.5. The molecule has 0 spiro atoms. The van der Waals surface area contributed by atoms with E-state index in [1.54, 1.807) is 30.3 Å². The van der Waals surface area contributed by atoms with Gasteiger partial charge in [-0.05, 0) is 42.5 Å². The molecule has 23 heavy (non-hydrogen) atoms. The van der Waals surface area contributed by atoms with Crippen molar-refractivity contribution >= 4 is 52.6 Å². The molecule has 0 saturated carbocycles. The van der Waals surface area contributed by atoms with Gasteiger partial charge in [0.2, 0.25) is 0 Å². The Morgan fingerprint density at radius 1 is 1.09 bits per heavy atom. The number of aromatic nitrogens is 1. The number of phenols is 1. The van der Waals surface area contributed by atoms with E-state index in [1.807, 2.05) is 29.1 Å². The van der Waals surface area contributed by atoms with Gasteiger partial charge in [0, 0.05) is 23.0 Å². The van der Waals surface area contributed by atoms with Gasteiger partial charge in [0.15, 0.2) is 4.80 Å². The van der Waals surface area contributed by atoms with Crippen LogP contribution in [-0.2, 0) is 7.05 Å². The minimum Gasteiger partial charge on any atom is -0.508 e. The summed E-state index contributed by atoms with van der Waals surface area (Å²) in [6.45, 7) is 0. The van der Waals surface area contributed by atoms with Gasteiger partial charge in [-0.25, -0.2) is 4.99 Å². The van der Waals surface area contributed by atoms with E-state index in [4.69, 9.17) is 23.2 Å². The van der Waals surface area contributed by atoms with Crippen LogP contribution in [-0.4, -0.2) is 9.67 Å². The predicted molar refractivity (Wildman–Crippen MR) is 99.3 cm³/mol. The second kappa shape index (κ2) is 7.41. The number of phenolic OH excluding ortho intramolecular Hbond substituents is 1. The van der Waals surface area contributed by atoms with Crippen molar-refractivity contribution in [1.82, 2.24) is 4.57 Å². The summed E-state index contributed by atoms with van der Waals surface area (Å²) in [7, 11) is 1.94. The minimum atomic E-state index is 0. The average molecular weight is 388 g/mol. The second-order valence-electron chi connectivity index (χ2n) is 4.71. The average Bonchev–Trinajstić information content (AvgIpc) is 2.83. The molecular formula is C16H13Cl3N2OS. The molecule has 0 bridgehead atoms. The van der Waals surface area contributed by atoms with Gasteiger partial charge < -0.3 is 9.67 Å².